The molecule has 0 N–H and O–H groups in total. The molecule has 0 heterocycles. The van der Waals surface area contributed by atoms with Crippen molar-refractivity contribution in [3.63, 3.8) is 0 Å². The molecule has 1 nitrogen and oxygen atoms in total. The molecule has 1 saturated carbocycles. The van der Waals surface area contributed by atoms with E-state index in [-0.39, 0.29) is 16.6 Å². The minimum atomic E-state index is -0.356. The van der Waals surface area contributed by atoms with Crippen LogP contribution in [0.2, 0.25) is 5.02 Å². The third-order valence-corrected chi connectivity index (χ3v) is 3.56. The summed E-state index contributed by atoms with van der Waals surface area (Å²) in [6, 6.07) is 2.78. The van der Waals surface area contributed by atoms with Crippen LogP contribution in [0.5, 0.6) is 0 Å². The first kappa shape index (κ1) is 11.6. The van der Waals surface area contributed by atoms with Crippen molar-refractivity contribution in [1.82, 2.24) is 0 Å². The molecule has 3 heteroatoms. The summed E-state index contributed by atoms with van der Waals surface area (Å²) >= 11 is 5.88. The number of hydrogen-bond donors (Lipinski definition) is 0. The first-order valence-electron chi connectivity index (χ1n) is 5.57. The van der Waals surface area contributed by atoms with Crippen LogP contribution in [0.1, 0.15) is 41.6 Å². The van der Waals surface area contributed by atoms with Gasteiger partial charge in [0.2, 0.25) is 0 Å². The van der Waals surface area contributed by atoms with Crippen molar-refractivity contribution in [2.24, 2.45) is 5.92 Å². The molecule has 1 fully saturated rings. The zero-order valence-corrected chi connectivity index (χ0v) is 9.98. The topological polar surface area (TPSA) is 17.1 Å². The molecule has 1 aromatic rings. The van der Waals surface area contributed by atoms with E-state index in [1.807, 2.05) is 0 Å². The molecule has 86 valence electrons. The number of halogens is 2. The van der Waals surface area contributed by atoms with Gasteiger partial charge in [-0.15, -0.1) is 0 Å². The summed E-state index contributed by atoms with van der Waals surface area (Å²) < 4.78 is 13.2. The van der Waals surface area contributed by atoms with Crippen LogP contribution in [0, 0.1) is 18.7 Å². The van der Waals surface area contributed by atoms with Gasteiger partial charge in [-0.1, -0.05) is 30.9 Å². The Bertz CT molecular complexity index is 424. The van der Waals surface area contributed by atoms with Crippen molar-refractivity contribution in [3.8, 4) is 0 Å². The zero-order chi connectivity index (χ0) is 11.7. The largest absolute Gasteiger partial charge is 0.294 e. The molecule has 1 aliphatic rings. The second kappa shape index (κ2) is 4.54. The number of carbonyl (C=O) groups is 1. The highest BCUT2D eigenvalue weighted by Gasteiger charge is 2.22. The molecule has 0 radical (unpaired) electrons. The standard InChI is InChI=1S/C13H14ClFO/c1-8-5-10(11(14)7-12(8)15)13(16)6-9-3-2-4-9/h5,7,9H,2-4,6H2,1H3. The molecule has 0 spiro atoms. The molecule has 1 aromatic carbocycles. The Kier molecular flexibility index (Phi) is 3.29. The lowest BCUT2D eigenvalue weighted by atomic mass is 9.81. The molecule has 0 aromatic heterocycles. The van der Waals surface area contributed by atoms with E-state index in [4.69, 9.17) is 11.6 Å². The van der Waals surface area contributed by atoms with Crippen LogP contribution in [0.25, 0.3) is 0 Å². The van der Waals surface area contributed by atoms with Gasteiger partial charge in [0, 0.05) is 12.0 Å². The van der Waals surface area contributed by atoms with Crippen molar-refractivity contribution in [3.05, 3.63) is 34.1 Å². The Morgan fingerprint density at radius 1 is 1.50 bits per heavy atom. The number of aryl methyl sites for hydroxylation is 1. The van der Waals surface area contributed by atoms with E-state index < -0.39 is 0 Å². The lowest BCUT2D eigenvalue weighted by Gasteiger charge is -2.24. The average molecular weight is 241 g/mol. The van der Waals surface area contributed by atoms with Crippen molar-refractivity contribution in [2.45, 2.75) is 32.6 Å². The van der Waals surface area contributed by atoms with Gasteiger partial charge in [0.05, 0.1) is 5.02 Å². The van der Waals surface area contributed by atoms with Crippen LogP contribution in [0.4, 0.5) is 4.39 Å². The van der Waals surface area contributed by atoms with Gasteiger partial charge in [-0.3, -0.25) is 4.79 Å². The Hall–Kier alpha value is -0.890. The quantitative estimate of drug-likeness (QED) is 0.725. The SMILES string of the molecule is Cc1cc(C(=O)CC2CCC2)c(Cl)cc1F. The van der Waals surface area contributed by atoms with Crippen LogP contribution in [-0.4, -0.2) is 5.78 Å². The highest BCUT2D eigenvalue weighted by molar-refractivity contribution is 6.34. The highest BCUT2D eigenvalue weighted by atomic mass is 35.5. The zero-order valence-electron chi connectivity index (χ0n) is 9.22. The molecule has 0 bridgehead atoms. The normalized spacial score (nSPS) is 15.9. The molecular weight excluding hydrogens is 227 g/mol. The summed E-state index contributed by atoms with van der Waals surface area (Å²) in [5.41, 5.74) is 0.939. The first-order chi connectivity index (χ1) is 7.58. The fourth-order valence-corrected chi connectivity index (χ4v) is 2.20. The van der Waals surface area contributed by atoms with E-state index in [0.29, 0.717) is 23.5 Å². The smallest absolute Gasteiger partial charge is 0.164 e. The molecule has 0 amide bonds. The first-order valence-corrected chi connectivity index (χ1v) is 5.94. The van der Waals surface area contributed by atoms with Crippen molar-refractivity contribution in [1.29, 1.82) is 0 Å². The molecule has 0 saturated heterocycles. The van der Waals surface area contributed by atoms with Crippen LogP contribution in [0.15, 0.2) is 12.1 Å². The summed E-state index contributed by atoms with van der Waals surface area (Å²) in [6.07, 6.45) is 4.02. The number of ketones is 1. The maximum absolute atomic E-state index is 13.2. The number of rotatable bonds is 3. The third kappa shape index (κ3) is 2.27. The Morgan fingerprint density at radius 2 is 2.19 bits per heavy atom. The minimum Gasteiger partial charge on any atom is -0.294 e. The summed E-state index contributed by atoms with van der Waals surface area (Å²) in [7, 11) is 0. The number of benzene rings is 1. The van der Waals surface area contributed by atoms with Gasteiger partial charge in [-0.05, 0) is 30.5 Å². The number of hydrogen-bond acceptors (Lipinski definition) is 1. The summed E-state index contributed by atoms with van der Waals surface area (Å²) in [4.78, 5) is 11.9. The number of Topliss-reactive ketones (excluding diaryl/α,β-unsaturated/α-hetero) is 1. The van der Waals surface area contributed by atoms with Crippen molar-refractivity contribution < 1.29 is 9.18 Å². The Labute approximate surface area is 99.6 Å². The van der Waals surface area contributed by atoms with E-state index in [0.717, 1.165) is 12.8 Å². The van der Waals surface area contributed by atoms with Crippen LogP contribution < -0.4 is 0 Å². The lowest BCUT2D eigenvalue weighted by molar-refractivity contribution is 0.0936. The summed E-state index contributed by atoms with van der Waals surface area (Å²) in [6.45, 7) is 1.64. The van der Waals surface area contributed by atoms with Gasteiger partial charge in [-0.25, -0.2) is 4.39 Å². The van der Waals surface area contributed by atoms with E-state index in [1.165, 1.54) is 12.5 Å². The third-order valence-electron chi connectivity index (χ3n) is 3.25. The number of carbonyl (C=O) groups excluding carboxylic acids is 1. The van der Waals surface area contributed by atoms with Gasteiger partial charge < -0.3 is 0 Å². The maximum atomic E-state index is 13.2. The second-order valence-electron chi connectivity index (χ2n) is 4.51. The van der Waals surface area contributed by atoms with Crippen LogP contribution in [-0.2, 0) is 0 Å². The van der Waals surface area contributed by atoms with Crippen molar-refractivity contribution in [2.75, 3.05) is 0 Å². The fourth-order valence-electron chi connectivity index (χ4n) is 1.94. The van der Waals surface area contributed by atoms with Crippen molar-refractivity contribution >= 4 is 17.4 Å². The van der Waals surface area contributed by atoms with E-state index in [9.17, 15) is 9.18 Å². The fraction of sp³-hybridized carbons (Fsp3) is 0.462. The minimum absolute atomic E-state index is 0.0396. The predicted molar refractivity (Wildman–Crippen MR) is 62.4 cm³/mol. The molecular formula is C13H14ClFO. The second-order valence-corrected chi connectivity index (χ2v) is 4.91. The molecule has 1 aliphatic carbocycles. The highest BCUT2D eigenvalue weighted by Crippen LogP contribution is 2.32. The van der Waals surface area contributed by atoms with Gasteiger partial charge >= 0.3 is 0 Å². The van der Waals surface area contributed by atoms with Crippen LogP contribution >= 0.6 is 11.6 Å². The van der Waals surface area contributed by atoms with Gasteiger partial charge in [0.25, 0.3) is 0 Å². The van der Waals surface area contributed by atoms with Crippen LogP contribution in [0.3, 0.4) is 0 Å². The van der Waals surface area contributed by atoms with Gasteiger partial charge in [0.1, 0.15) is 5.82 Å². The Morgan fingerprint density at radius 3 is 2.75 bits per heavy atom. The lowest BCUT2D eigenvalue weighted by Crippen LogP contribution is -2.16. The van der Waals surface area contributed by atoms with E-state index in [2.05, 4.69) is 0 Å². The monoisotopic (exact) mass is 240 g/mol. The average Bonchev–Trinajstić information content (AvgIpc) is 2.17. The maximum Gasteiger partial charge on any atom is 0.164 e. The Balaban J connectivity index is 2.18. The predicted octanol–water partition coefficient (Wildman–Crippen LogP) is 4.16. The van der Waals surface area contributed by atoms with E-state index >= 15 is 0 Å². The molecule has 2 rings (SSSR count). The van der Waals surface area contributed by atoms with Gasteiger partial charge in [-0.2, -0.15) is 0 Å². The molecule has 0 unspecified atom stereocenters. The molecule has 0 aliphatic heterocycles. The summed E-state index contributed by atoms with van der Waals surface area (Å²) in [5, 5.41) is 0.229. The van der Waals surface area contributed by atoms with Gasteiger partial charge in [0.15, 0.2) is 5.78 Å². The molecule has 16 heavy (non-hydrogen) atoms. The van der Waals surface area contributed by atoms with E-state index in [1.54, 1.807) is 13.0 Å². The molecule has 0 atom stereocenters. The summed E-state index contributed by atoms with van der Waals surface area (Å²) in [5.74, 6) is 0.192.